The first kappa shape index (κ1) is 13.5. The van der Waals surface area contributed by atoms with Crippen LogP contribution in [0.25, 0.3) is 0 Å². The molecule has 0 aromatic carbocycles. The third-order valence-electron chi connectivity index (χ3n) is 3.29. The van der Waals surface area contributed by atoms with Gasteiger partial charge in [-0.15, -0.1) is 0 Å². The van der Waals surface area contributed by atoms with Crippen LogP contribution in [-0.2, 0) is 9.53 Å². The van der Waals surface area contributed by atoms with Crippen molar-refractivity contribution in [1.29, 1.82) is 0 Å². The molecule has 0 aromatic rings. The van der Waals surface area contributed by atoms with Gasteiger partial charge in [0.2, 0.25) is 5.91 Å². The number of hydrogen-bond donors (Lipinski definition) is 1. The number of rotatable bonds is 5. The third kappa shape index (κ3) is 4.52. The van der Waals surface area contributed by atoms with Crippen LogP contribution in [0.4, 0.5) is 0 Å². The monoisotopic (exact) mass is 227 g/mol. The predicted octanol–water partition coefficient (Wildman–Crippen LogP) is 2.35. The summed E-state index contributed by atoms with van der Waals surface area (Å²) in [5.41, 5.74) is 0. The highest BCUT2D eigenvalue weighted by Crippen LogP contribution is 2.25. The maximum atomic E-state index is 11.3. The fourth-order valence-corrected chi connectivity index (χ4v) is 2.12. The van der Waals surface area contributed by atoms with Gasteiger partial charge in [0.15, 0.2) is 0 Å². The van der Waals surface area contributed by atoms with E-state index in [4.69, 9.17) is 4.74 Å². The summed E-state index contributed by atoms with van der Waals surface area (Å²) < 4.78 is 5.81. The van der Waals surface area contributed by atoms with E-state index in [2.05, 4.69) is 12.2 Å². The number of hydrogen-bond acceptors (Lipinski definition) is 2. The van der Waals surface area contributed by atoms with E-state index >= 15 is 0 Å². The van der Waals surface area contributed by atoms with Crippen LogP contribution in [0.3, 0.4) is 0 Å². The standard InChI is InChI=1S/C13H25NO2/c1-10(2)13(15)14-8-9-16-12-7-5-4-6-11(12)3/h10-12H,4-9H2,1-3H3,(H,14,15)/t11-,12+/m1/s1. The molecule has 3 nitrogen and oxygen atoms in total. The summed E-state index contributed by atoms with van der Waals surface area (Å²) in [5, 5.41) is 2.87. The third-order valence-corrected chi connectivity index (χ3v) is 3.29. The van der Waals surface area contributed by atoms with E-state index in [1.165, 1.54) is 25.7 Å². The van der Waals surface area contributed by atoms with Crippen LogP contribution in [0.5, 0.6) is 0 Å². The molecule has 0 saturated heterocycles. The van der Waals surface area contributed by atoms with E-state index in [1.807, 2.05) is 13.8 Å². The first-order valence-corrected chi connectivity index (χ1v) is 6.50. The van der Waals surface area contributed by atoms with Gasteiger partial charge in [-0.3, -0.25) is 4.79 Å². The Kier molecular flexibility index (Phi) is 5.81. The average Bonchev–Trinajstić information content (AvgIpc) is 2.26. The van der Waals surface area contributed by atoms with Crippen molar-refractivity contribution in [3.63, 3.8) is 0 Å². The van der Waals surface area contributed by atoms with Gasteiger partial charge < -0.3 is 10.1 Å². The Morgan fingerprint density at radius 1 is 1.38 bits per heavy atom. The molecule has 1 fully saturated rings. The van der Waals surface area contributed by atoms with E-state index in [9.17, 15) is 4.79 Å². The number of amides is 1. The van der Waals surface area contributed by atoms with Crippen molar-refractivity contribution in [3.05, 3.63) is 0 Å². The number of nitrogens with one attached hydrogen (secondary N) is 1. The van der Waals surface area contributed by atoms with Crippen molar-refractivity contribution in [2.45, 2.75) is 52.6 Å². The smallest absolute Gasteiger partial charge is 0.222 e. The second-order valence-corrected chi connectivity index (χ2v) is 5.12. The van der Waals surface area contributed by atoms with Gasteiger partial charge in [0.1, 0.15) is 0 Å². The fourth-order valence-electron chi connectivity index (χ4n) is 2.12. The average molecular weight is 227 g/mol. The minimum Gasteiger partial charge on any atom is -0.376 e. The van der Waals surface area contributed by atoms with E-state index in [1.54, 1.807) is 0 Å². The van der Waals surface area contributed by atoms with Crippen LogP contribution in [-0.4, -0.2) is 25.2 Å². The first-order chi connectivity index (χ1) is 7.61. The van der Waals surface area contributed by atoms with Crippen molar-refractivity contribution in [2.24, 2.45) is 11.8 Å². The molecule has 1 rings (SSSR count). The Balaban J connectivity index is 2.08. The minimum atomic E-state index is 0.0635. The maximum absolute atomic E-state index is 11.3. The molecule has 1 amide bonds. The molecule has 0 spiro atoms. The van der Waals surface area contributed by atoms with Gasteiger partial charge in [0.25, 0.3) is 0 Å². The molecule has 0 radical (unpaired) electrons. The van der Waals surface area contributed by atoms with Gasteiger partial charge in [-0.05, 0) is 18.8 Å². The number of carbonyl (C=O) groups excluding carboxylic acids is 1. The first-order valence-electron chi connectivity index (χ1n) is 6.50. The Labute approximate surface area is 98.9 Å². The van der Waals surface area contributed by atoms with Crippen molar-refractivity contribution < 1.29 is 9.53 Å². The molecule has 0 aromatic heterocycles. The lowest BCUT2D eigenvalue weighted by molar-refractivity contribution is -0.124. The highest BCUT2D eigenvalue weighted by molar-refractivity contribution is 5.77. The zero-order valence-electron chi connectivity index (χ0n) is 10.8. The second kappa shape index (κ2) is 6.89. The largest absolute Gasteiger partial charge is 0.376 e. The SMILES string of the molecule is CC(C)C(=O)NCCO[C@H]1CCCC[C@H]1C. The zero-order valence-corrected chi connectivity index (χ0v) is 10.8. The van der Waals surface area contributed by atoms with Crippen molar-refractivity contribution in [1.82, 2.24) is 5.32 Å². The Morgan fingerprint density at radius 3 is 2.69 bits per heavy atom. The molecular weight excluding hydrogens is 202 g/mol. The van der Waals surface area contributed by atoms with Crippen LogP contribution in [0, 0.1) is 11.8 Å². The van der Waals surface area contributed by atoms with Gasteiger partial charge >= 0.3 is 0 Å². The molecule has 2 atom stereocenters. The second-order valence-electron chi connectivity index (χ2n) is 5.12. The lowest BCUT2D eigenvalue weighted by Gasteiger charge is -2.28. The highest BCUT2D eigenvalue weighted by Gasteiger charge is 2.21. The quantitative estimate of drug-likeness (QED) is 0.732. The highest BCUT2D eigenvalue weighted by atomic mass is 16.5. The Hall–Kier alpha value is -0.570. The molecule has 0 bridgehead atoms. The summed E-state index contributed by atoms with van der Waals surface area (Å²) in [4.78, 5) is 11.3. The molecule has 16 heavy (non-hydrogen) atoms. The molecule has 1 saturated carbocycles. The molecule has 1 N–H and O–H groups in total. The maximum Gasteiger partial charge on any atom is 0.222 e. The summed E-state index contributed by atoms with van der Waals surface area (Å²) in [6.45, 7) is 7.35. The van der Waals surface area contributed by atoms with Crippen LogP contribution in [0.1, 0.15) is 46.5 Å². The van der Waals surface area contributed by atoms with Gasteiger partial charge in [-0.1, -0.05) is 33.6 Å². The van der Waals surface area contributed by atoms with Crippen LogP contribution in [0.15, 0.2) is 0 Å². The molecule has 3 heteroatoms. The van der Waals surface area contributed by atoms with Crippen molar-refractivity contribution in [3.8, 4) is 0 Å². The molecule has 0 unspecified atom stereocenters. The van der Waals surface area contributed by atoms with E-state index in [0.717, 1.165) is 0 Å². The molecule has 1 aliphatic rings. The number of ether oxygens (including phenoxy) is 1. The van der Waals surface area contributed by atoms with E-state index in [0.29, 0.717) is 25.2 Å². The lowest BCUT2D eigenvalue weighted by atomic mass is 9.88. The predicted molar refractivity (Wildman–Crippen MR) is 65.2 cm³/mol. The van der Waals surface area contributed by atoms with E-state index in [-0.39, 0.29) is 11.8 Å². The normalized spacial score (nSPS) is 25.8. The minimum absolute atomic E-state index is 0.0635. The van der Waals surface area contributed by atoms with E-state index < -0.39 is 0 Å². The Bertz CT molecular complexity index is 216. The van der Waals surface area contributed by atoms with Crippen LogP contribution < -0.4 is 5.32 Å². The summed E-state index contributed by atoms with van der Waals surface area (Å²) in [6.07, 6.45) is 5.49. The van der Waals surface area contributed by atoms with Gasteiger partial charge in [0, 0.05) is 12.5 Å². The van der Waals surface area contributed by atoms with Gasteiger partial charge in [-0.25, -0.2) is 0 Å². The summed E-state index contributed by atoms with van der Waals surface area (Å²) in [5.74, 6) is 0.850. The zero-order chi connectivity index (χ0) is 12.0. The lowest BCUT2D eigenvalue weighted by Crippen LogP contribution is -2.33. The van der Waals surface area contributed by atoms with Gasteiger partial charge in [-0.2, -0.15) is 0 Å². The van der Waals surface area contributed by atoms with Crippen LogP contribution >= 0.6 is 0 Å². The molecule has 94 valence electrons. The number of carbonyl (C=O) groups is 1. The summed E-state index contributed by atoms with van der Waals surface area (Å²) >= 11 is 0. The fraction of sp³-hybridized carbons (Fsp3) is 0.923. The molecule has 1 aliphatic carbocycles. The molecule has 0 aliphatic heterocycles. The summed E-state index contributed by atoms with van der Waals surface area (Å²) in [7, 11) is 0. The van der Waals surface area contributed by atoms with Crippen molar-refractivity contribution in [2.75, 3.05) is 13.2 Å². The molecular formula is C13H25NO2. The Morgan fingerprint density at radius 2 is 2.06 bits per heavy atom. The van der Waals surface area contributed by atoms with Crippen molar-refractivity contribution >= 4 is 5.91 Å². The topological polar surface area (TPSA) is 38.3 Å². The summed E-state index contributed by atoms with van der Waals surface area (Å²) in [6, 6.07) is 0. The molecule has 0 heterocycles. The van der Waals surface area contributed by atoms with Gasteiger partial charge in [0.05, 0.1) is 12.7 Å². The van der Waals surface area contributed by atoms with Crippen LogP contribution in [0.2, 0.25) is 0 Å².